The number of hydrogen-bond donors (Lipinski definition) is 6. The van der Waals surface area contributed by atoms with Gasteiger partial charge in [0.05, 0.1) is 28.6 Å². The van der Waals surface area contributed by atoms with Crippen LogP contribution in [0.5, 0.6) is 5.75 Å². The Morgan fingerprint density at radius 1 is 1.20 bits per heavy atom. The molecule has 0 heterocycles. The maximum Gasteiger partial charge on any atom is 0.273 e. The Labute approximate surface area is 197 Å². The number of carbonyl (C=O) groups is 3. The van der Waals surface area contributed by atoms with Crippen LogP contribution in [0.4, 0.5) is 5.69 Å². The molecule has 0 saturated heterocycles. The van der Waals surface area contributed by atoms with Gasteiger partial charge >= 0.3 is 0 Å². The van der Waals surface area contributed by atoms with Crippen LogP contribution < -0.4 is 5.73 Å². The molecule has 0 aromatic heterocycles. The topological polar surface area (TPSA) is 225 Å². The number of hydrogen-bond acceptors (Lipinski definition) is 11. The van der Waals surface area contributed by atoms with Crippen molar-refractivity contribution >= 4 is 28.9 Å². The van der Waals surface area contributed by atoms with Gasteiger partial charge in [0.1, 0.15) is 22.8 Å². The number of phenolic OH excluding ortho intramolecular Hbond substituents is 1. The van der Waals surface area contributed by atoms with Crippen molar-refractivity contribution in [3.05, 3.63) is 50.3 Å². The number of aromatic hydroxyl groups is 1. The van der Waals surface area contributed by atoms with E-state index in [0.29, 0.717) is 0 Å². The summed E-state index contributed by atoms with van der Waals surface area (Å²) in [6, 6.07) is 0.455. The first-order valence-electron chi connectivity index (χ1n) is 10.5. The normalized spacial score (nSPS) is 32.3. The first kappa shape index (κ1) is 24.3. The Bertz CT molecular complexity index is 1280. The number of aliphatic hydroxyl groups is 4. The van der Waals surface area contributed by atoms with Gasteiger partial charge in [-0.05, 0) is 26.1 Å². The lowest BCUT2D eigenvalue weighted by Crippen LogP contribution is -2.70. The van der Waals surface area contributed by atoms with E-state index in [-0.39, 0.29) is 5.56 Å². The molecular weight excluding hydrogens is 466 g/mol. The van der Waals surface area contributed by atoms with E-state index in [1.807, 2.05) is 0 Å². The molecule has 3 aliphatic rings. The number of phenols is 1. The van der Waals surface area contributed by atoms with Crippen LogP contribution in [0.3, 0.4) is 0 Å². The lowest BCUT2D eigenvalue weighted by atomic mass is 9.54. The smallest absolute Gasteiger partial charge is 0.273 e. The summed E-state index contributed by atoms with van der Waals surface area (Å²) in [5.41, 5.74) is -0.516. The molecule has 0 aliphatic heterocycles. The van der Waals surface area contributed by atoms with Crippen LogP contribution in [0.25, 0.3) is 5.76 Å². The number of likely N-dealkylation sites (N-methyl/N-ethyl adjacent to an activating group) is 1. The van der Waals surface area contributed by atoms with Gasteiger partial charge in [-0.25, -0.2) is 0 Å². The fraction of sp³-hybridized carbons (Fsp3) is 0.409. The number of nitrogens with two attached hydrogens (primary N) is 1. The highest BCUT2D eigenvalue weighted by molar-refractivity contribution is 6.24. The summed E-state index contributed by atoms with van der Waals surface area (Å²) in [6.45, 7) is 1.42. The second-order valence-corrected chi connectivity index (χ2v) is 9.20. The fourth-order valence-electron chi connectivity index (χ4n) is 5.83. The van der Waals surface area contributed by atoms with Crippen molar-refractivity contribution in [3.63, 3.8) is 0 Å². The highest BCUT2D eigenvalue weighted by Gasteiger charge is 2.68. The van der Waals surface area contributed by atoms with Crippen LogP contribution in [0.2, 0.25) is 0 Å². The number of fused-ring (bicyclic) bond motifs is 3. The van der Waals surface area contributed by atoms with Crippen molar-refractivity contribution in [1.29, 1.82) is 0 Å². The molecule has 1 saturated carbocycles. The fourth-order valence-corrected chi connectivity index (χ4v) is 5.83. The van der Waals surface area contributed by atoms with Crippen LogP contribution in [0, 0.1) is 22.0 Å². The van der Waals surface area contributed by atoms with Gasteiger partial charge in [-0.15, -0.1) is 0 Å². The Hall–Kier alpha value is -3.81. The average molecular weight is 489 g/mol. The summed E-state index contributed by atoms with van der Waals surface area (Å²) >= 11 is 0. The molecule has 4 rings (SSSR count). The van der Waals surface area contributed by atoms with Gasteiger partial charge in [0.2, 0.25) is 5.78 Å². The first-order valence-corrected chi connectivity index (χ1v) is 10.5. The van der Waals surface area contributed by atoms with E-state index >= 15 is 0 Å². The van der Waals surface area contributed by atoms with Gasteiger partial charge in [0.15, 0.2) is 11.4 Å². The molecule has 0 radical (unpaired) electrons. The largest absolute Gasteiger partial charge is 0.508 e. The summed E-state index contributed by atoms with van der Waals surface area (Å²) in [7, 11) is 2.76. The molecule has 3 aliphatic carbocycles. The molecule has 0 spiro atoms. The number of rotatable bonds is 3. The van der Waals surface area contributed by atoms with E-state index in [0.717, 1.165) is 12.1 Å². The number of nitro groups is 1. The zero-order valence-electron chi connectivity index (χ0n) is 18.8. The summed E-state index contributed by atoms with van der Waals surface area (Å²) in [4.78, 5) is 51.0. The predicted molar refractivity (Wildman–Crippen MR) is 117 cm³/mol. The zero-order chi connectivity index (χ0) is 26.3. The van der Waals surface area contributed by atoms with Gasteiger partial charge in [-0.2, -0.15) is 0 Å². The molecule has 1 aromatic rings. The lowest BCUT2D eigenvalue weighted by molar-refractivity contribution is -0.385. The van der Waals surface area contributed by atoms with Crippen molar-refractivity contribution in [2.24, 2.45) is 17.6 Å². The summed E-state index contributed by atoms with van der Waals surface area (Å²) in [5.74, 6) is -10.9. The molecule has 35 heavy (non-hydrogen) atoms. The zero-order valence-corrected chi connectivity index (χ0v) is 18.8. The number of aliphatic hydroxyl groups excluding tert-OH is 3. The Morgan fingerprint density at radius 2 is 1.80 bits per heavy atom. The van der Waals surface area contributed by atoms with Gasteiger partial charge < -0.3 is 31.3 Å². The van der Waals surface area contributed by atoms with E-state index in [2.05, 4.69) is 0 Å². The van der Waals surface area contributed by atoms with Crippen LogP contribution in [0.15, 0.2) is 29.0 Å². The summed E-state index contributed by atoms with van der Waals surface area (Å²) in [5, 5.41) is 66.9. The van der Waals surface area contributed by atoms with Crippen LogP contribution >= 0.6 is 0 Å². The van der Waals surface area contributed by atoms with Gasteiger partial charge in [-0.1, -0.05) is 6.92 Å². The second kappa shape index (κ2) is 7.60. The highest BCUT2D eigenvalue weighted by Crippen LogP contribution is 2.57. The third-order valence-electron chi connectivity index (χ3n) is 7.28. The molecule has 186 valence electrons. The van der Waals surface area contributed by atoms with Crippen LogP contribution in [-0.2, 0) is 14.4 Å². The number of nitro benzene ring substituents is 1. The third-order valence-corrected chi connectivity index (χ3v) is 7.28. The minimum Gasteiger partial charge on any atom is -0.508 e. The number of Topliss-reactive ketones (excluding diaryl/α,β-unsaturated/α-hetero) is 2. The lowest BCUT2D eigenvalue weighted by Gasteiger charge is -2.53. The molecule has 13 nitrogen and oxygen atoms in total. The average Bonchev–Trinajstić information content (AvgIpc) is 2.75. The maximum atomic E-state index is 13.7. The number of carbonyl (C=O) groups excluding carboxylic acids is 3. The van der Waals surface area contributed by atoms with Crippen molar-refractivity contribution in [2.45, 2.75) is 30.6 Å². The highest BCUT2D eigenvalue weighted by atomic mass is 16.6. The number of nitrogens with zero attached hydrogens (tertiary/aromatic N) is 2. The molecule has 0 bridgehead atoms. The van der Waals surface area contributed by atoms with Crippen LogP contribution in [-0.4, -0.2) is 84.7 Å². The third kappa shape index (κ3) is 2.89. The maximum absolute atomic E-state index is 13.7. The van der Waals surface area contributed by atoms with Gasteiger partial charge in [-0.3, -0.25) is 29.4 Å². The van der Waals surface area contributed by atoms with Crippen LogP contribution in [0.1, 0.15) is 24.0 Å². The Morgan fingerprint density at radius 3 is 2.31 bits per heavy atom. The number of primary amides is 1. The quantitative estimate of drug-likeness (QED) is 0.179. The molecule has 13 heteroatoms. The van der Waals surface area contributed by atoms with Crippen molar-refractivity contribution < 1.29 is 44.8 Å². The molecule has 1 fully saturated rings. The van der Waals surface area contributed by atoms with E-state index < -0.39 is 97.6 Å². The van der Waals surface area contributed by atoms with E-state index in [4.69, 9.17) is 5.73 Å². The van der Waals surface area contributed by atoms with Gasteiger partial charge in [0, 0.05) is 23.1 Å². The minimum absolute atomic E-state index is 0.153. The van der Waals surface area contributed by atoms with E-state index in [9.17, 15) is 50.0 Å². The minimum atomic E-state index is -3.04. The van der Waals surface area contributed by atoms with Gasteiger partial charge in [0.25, 0.3) is 11.6 Å². The number of amides is 1. The standard InChI is InChI=1S/C22H23N3O10/c1-6-9-7(25(34)35)4-5-8(26)11(9)16(27)12-10(6)17(28)14-15(24(2)3)18(29)13(21(23)32)20(31)22(14,33)19(12)30/h4-6,10,14-15,17,26-28,31,33H,1-3H3,(H2,23,32)/t6-,10?,14?,15-,17?,22-/m0/s1. The van der Waals surface area contributed by atoms with E-state index in [1.54, 1.807) is 0 Å². The summed E-state index contributed by atoms with van der Waals surface area (Å²) in [6.07, 6.45) is -1.83. The molecule has 6 atom stereocenters. The number of ketones is 2. The van der Waals surface area contributed by atoms with Crippen molar-refractivity contribution in [3.8, 4) is 5.75 Å². The molecule has 7 N–H and O–H groups in total. The first-order chi connectivity index (χ1) is 16.2. The molecule has 1 amide bonds. The molecule has 3 unspecified atom stereocenters. The number of benzene rings is 1. The Balaban J connectivity index is 2.10. The Kier molecular flexibility index (Phi) is 5.28. The van der Waals surface area contributed by atoms with Crippen molar-refractivity contribution in [1.82, 2.24) is 4.90 Å². The SMILES string of the molecule is C[C@H]1c2c([N+](=O)[O-])ccc(O)c2C(O)=C2C(=O)[C@]3(O)C(O)=C(C(N)=O)C(=O)[C@@H](N(C)C)C3C(O)C21. The molecular formula is C22H23N3O10. The predicted octanol–water partition coefficient (Wildman–Crippen LogP) is -0.596. The monoisotopic (exact) mass is 489 g/mol. The summed E-state index contributed by atoms with van der Waals surface area (Å²) < 4.78 is 0. The molecule has 1 aromatic carbocycles. The second-order valence-electron chi connectivity index (χ2n) is 9.20. The van der Waals surface area contributed by atoms with Crippen molar-refractivity contribution in [2.75, 3.05) is 14.1 Å². The van der Waals surface area contributed by atoms with E-state index in [1.165, 1.54) is 25.9 Å².